The number of ether oxygens (including phenoxy) is 2. The molecule has 2 aromatic rings. The molecule has 2 aromatic carbocycles. The van der Waals surface area contributed by atoms with E-state index >= 15 is 0 Å². The first-order valence-electron chi connectivity index (χ1n) is 8.70. The van der Waals surface area contributed by atoms with Crippen molar-refractivity contribution in [2.75, 3.05) is 13.1 Å². The fraction of sp³-hybridized carbons (Fsp3) is 0.263. The molecule has 0 aromatic heterocycles. The Morgan fingerprint density at radius 3 is 1.52 bits per heavy atom. The number of rotatable bonds is 9. The number of hydrogen-bond donors (Lipinski definition) is 3. The van der Waals surface area contributed by atoms with Gasteiger partial charge in [0.1, 0.15) is 18.5 Å². The highest BCUT2D eigenvalue weighted by molar-refractivity contribution is 7.86. The molecule has 0 bridgehead atoms. The molecule has 10 heteroatoms. The van der Waals surface area contributed by atoms with Gasteiger partial charge in [0.2, 0.25) is 0 Å². The molecule has 29 heavy (non-hydrogen) atoms. The third-order valence-electron chi connectivity index (χ3n) is 3.79. The Balaban J connectivity index is 1.75. The summed E-state index contributed by atoms with van der Waals surface area (Å²) in [5, 5.41) is 3.04. The van der Waals surface area contributed by atoms with Gasteiger partial charge >= 0.3 is 12.2 Å². The van der Waals surface area contributed by atoms with Crippen LogP contribution in [0.5, 0.6) is 0 Å². The second-order valence-electron chi connectivity index (χ2n) is 6.02. The van der Waals surface area contributed by atoms with Crippen LogP contribution >= 0.6 is 0 Å². The summed E-state index contributed by atoms with van der Waals surface area (Å²) in [6.07, 6.45) is -1.71. The van der Waals surface area contributed by atoms with Gasteiger partial charge < -0.3 is 20.1 Å². The Labute approximate surface area is 168 Å². The second-order valence-corrected chi connectivity index (χ2v) is 7.72. The average molecular weight is 422 g/mol. The molecular weight excluding hydrogens is 400 g/mol. The maximum absolute atomic E-state index is 11.7. The molecule has 0 saturated carbocycles. The van der Waals surface area contributed by atoms with E-state index in [4.69, 9.17) is 9.47 Å². The summed E-state index contributed by atoms with van der Waals surface area (Å²) >= 11 is 0. The van der Waals surface area contributed by atoms with Crippen LogP contribution in [0, 0.1) is 0 Å². The maximum Gasteiger partial charge on any atom is 0.407 e. The van der Waals surface area contributed by atoms with Crippen molar-refractivity contribution in [2.24, 2.45) is 0 Å². The number of hydrogen-bond acceptors (Lipinski definition) is 6. The molecule has 0 heterocycles. The van der Waals surface area contributed by atoms with Crippen LogP contribution in [-0.4, -0.2) is 43.5 Å². The summed E-state index contributed by atoms with van der Waals surface area (Å²) in [6, 6.07) is 17.8. The first kappa shape index (κ1) is 22.2. The third kappa shape index (κ3) is 8.62. The average Bonchev–Trinajstić information content (AvgIpc) is 2.71. The Morgan fingerprint density at radius 1 is 0.793 bits per heavy atom. The Kier molecular flexibility index (Phi) is 8.44. The number of alkyl carbamates (subject to hydrolysis) is 2. The van der Waals surface area contributed by atoms with Crippen molar-refractivity contribution >= 4 is 22.3 Å². The molecule has 0 spiro atoms. The SMILES string of the molecule is O=C(NCC(CNC(=O)OCc1ccccc1)S(=O)(=O)O)OCc1ccccc1. The smallest absolute Gasteiger partial charge is 0.407 e. The van der Waals surface area contributed by atoms with Crippen molar-refractivity contribution in [3.05, 3.63) is 71.8 Å². The van der Waals surface area contributed by atoms with Crippen LogP contribution in [0.3, 0.4) is 0 Å². The quantitative estimate of drug-likeness (QED) is 0.527. The lowest BCUT2D eigenvalue weighted by atomic mass is 10.2. The lowest BCUT2D eigenvalue weighted by Crippen LogP contribution is -2.44. The highest BCUT2D eigenvalue weighted by atomic mass is 32.2. The Hall–Kier alpha value is -3.11. The fourth-order valence-electron chi connectivity index (χ4n) is 2.23. The normalized spacial score (nSPS) is 11.0. The first-order valence-corrected chi connectivity index (χ1v) is 10.2. The van der Waals surface area contributed by atoms with Gasteiger partial charge in [-0.25, -0.2) is 9.59 Å². The van der Waals surface area contributed by atoms with Crippen molar-refractivity contribution in [2.45, 2.75) is 18.5 Å². The third-order valence-corrected chi connectivity index (χ3v) is 4.97. The summed E-state index contributed by atoms with van der Waals surface area (Å²) < 4.78 is 42.2. The molecule has 0 radical (unpaired) electrons. The highest BCUT2D eigenvalue weighted by Gasteiger charge is 2.25. The molecule has 9 nitrogen and oxygen atoms in total. The van der Waals surface area contributed by atoms with E-state index in [1.165, 1.54) is 0 Å². The van der Waals surface area contributed by atoms with Gasteiger partial charge in [-0.05, 0) is 11.1 Å². The molecule has 2 rings (SSSR count). The summed E-state index contributed by atoms with van der Waals surface area (Å²) in [5.41, 5.74) is 1.52. The van der Waals surface area contributed by atoms with Gasteiger partial charge in [-0.15, -0.1) is 0 Å². The minimum absolute atomic E-state index is 0.00722. The molecule has 0 unspecified atom stereocenters. The van der Waals surface area contributed by atoms with Crippen molar-refractivity contribution in [3.63, 3.8) is 0 Å². The molecule has 0 aliphatic heterocycles. The predicted octanol–water partition coefficient (Wildman–Crippen LogP) is 2.10. The molecule has 0 saturated heterocycles. The van der Waals surface area contributed by atoms with E-state index in [9.17, 15) is 22.6 Å². The van der Waals surface area contributed by atoms with Gasteiger partial charge in [-0.2, -0.15) is 8.42 Å². The van der Waals surface area contributed by atoms with Crippen LogP contribution in [0.4, 0.5) is 9.59 Å². The zero-order valence-corrected chi connectivity index (χ0v) is 16.3. The van der Waals surface area contributed by atoms with E-state index in [0.29, 0.717) is 0 Å². The van der Waals surface area contributed by atoms with E-state index in [1.807, 2.05) is 12.1 Å². The van der Waals surface area contributed by atoms with Crippen LogP contribution in [0.2, 0.25) is 0 Å². The number of carbonyl (C=O) groups excluding carboxylic acids is 2. The maximum atomic E-state index is 11.7. The largest absolute Gasteiger partial charge is 0.445 e. The fourth-order valence-corrected chi connectivity index (χ4v) is 2.81. The van der Waals surface area contributed by atoms with Crippen LogP contribution in [0.15, 0.2) is 60.7 Å². The van der Waals surface area contributed by atoms with Crippen LogP contribution < -0.4 is 10.6 Å². The molecular formula is C19H22N2O7S. The Morgan fingerprint density at radius 2 is 1.17 bits per heavy atom. The topological polar surface area (TPSA) is 131 Å². The van der Waals surface area contributed by atoms with Crippen LogP contribution in [0.25, 0.3) is 0 Å². The molecule has 0 atom stereocenters. The second kappa shape index (κ2) is 11.0. The zero-order chi connectivity index (χ0) is 21.1. The van der Waals surface area contributed by atoms with Gasteiger partial charge in [-0.1, -0.05) is 60.7 Å². The highest BCUT2D eigenvalue weighted by Crippen LogP contribution is 2.03. The van der Waals surface area contributed by atoms with Crippen molar-refractivity contribution in [1.82, 2.24) is 10.6 Å². The van der Waals surface area contributed by atoms with Crippen LogP contribution in [0.1, 0.15) is 11.1 Å². The predicted molar refractivity (Wildman–Crippen MR) is 105 cm³/mol. The lowest BCUT2D eigenvalue weighted by Gasteiger charge is -2.15. The number of carbonyl (C=O) groups is 2. The van der Waals surface area contributed by atoms with Gasteiger partial charge in [0.15, 0.2) is 0 Å². The standard InChI is InChI=1S/C19H22N2O7S/c22-18(27-13-15-7-3-1-4-8-15)20-11-17(29(24,25)26)12-21-19(23)28-14-16-9-5-2-6-10-16/h1-10,17H,11-14H2,(H,20,22)(H,21,23)(H,24,25,26). The summed E-state index contributed by atoms with van der Waals surface area (Å²) in [7, 11) is -4.53. The lowest BCUT2D eigenvalue weighted by molar-refractivity contribution is 0.138. The molecule has 0 aliphatic rings. The van der Waals surface area contributed by atoms with Crippen LogP contribution in [-0.2, 0) is 32.8 Å². The van der Waals surface area contributed by atoms with Gasteiger partial charge in [0, 0.05) is 13.1 Å². The summed E-state index contributed by atoms with van der Waals surface area (Å²) in [4.78, 5) is 23.4. The molecule has 0 aliphatic carbocycles. The van der Waals surface area contributed by atoms with Crippen molar-refractivity contribution < 1.29 is 32.0 Å². The molecule has 2 amide bonds. The number of amides is 2. The number of nitrogens with one attached hydrogen (secondary N) is 2. The summed E-state index contributed by atoms with van der Waals surface area (Å²) in [6.45, 7) is -0.891. The minimum Gasteiger partial charge on any atom is -0.445 e. The minimum atomic E-state index is -4.53. The molecule has 3 N–H and O–H groups in total. The van der Waals surface area contributed by atoms with E-state index in [1.54, 1.807) is 48.5 Å². The zero-order valence-electron chi connectivity index (χ0n) is 15.5. The first-order chi connectivity index (χ1) is 13.8. The van der Waals surface area contributed by atoms with Gasteiger partial charge in [-0.3, -0.25) is 4.55 Å². The Bertz CT molecular complexity index is 830. The monoisotopic (exact) mass is 422 g/mol. The van der Waals surface area contributed by atoms with Gasteiger partial charge in [0.05, 0.1) is 0 Å². The van der Waals surface area contributed by atoms with Crippen molar-refractivity contribution in [1.29, 1.82) is 0 Å². The van der Waals surface area contributed by atoms with Gasteiger partial charge in [0.25, 0.3) is 10.1 Å². The van der Waals surface area contributed by atoms with E-state index in [0.717, 1.165) is 11.1 Å². The van der Waals surface area contributed by atoms with E-state index < -0.39 is 40.6 Å². The van der Waals surface area contributed by atoms with E-state index in [2.05, 4.69) is 10.6 Å². The number of benzene rings is 2. The van der Waals surface area contributed by atoms with Crippen molar-refractivity contribution in [3.8, 4) is 0 Å². The van der Waals surface area contributed by atoms with E-state index in [-0.39, 0.29) is 13.2 Å². The molecule has 156 valence electrons. The summed E-state index contributed by atoms with van der Waals surface area (Å²) in [5.74, 6) is 0. The molecule has 0 fully saturated rings.